The highest BCUT2D eigenvalue weighted by atomic mass is 16.5. The molecule has 0 unspecified atom stereocenters. The topological polar surface area (TPSA) is 72.3 Å². The van der Waals surface area contributed by atoms with Crippen LogP contribution in [0.5, 0.6) is 0 Å². The molecule has 1 heterocycles. The third-order valence-electron chi connectivity index (χ3n) is 2.91. The Morgan fingerprint density at radius 3 is 2.74 bits per heavy atom. The number of carbonyl (C=O) groups is 1. The van der Waals surface area contributed by atoms with Crippen molar-refractivity contribution in [3.05, 3.63) is 23.8 Å². The lowest BCUT2D eigenvalue weighted by atomic mass is 10.1. The molecule has 0 aliphatic carbocycles. The number of carboxylic acid groups (broad SMARTS) is 1. The van der Waals surface area contributed by atoms with Crippen LogP contribution in [-0.4, -0.2) is 27.7 Å². The van der Waals surface area contributed by atoms with Crippen LogP contribution in [-0.2, 0) is 11.3 Å². The molecule has 1 aromatic heterocycles. The second kappa shape index (κ2) is 9.44. The van der Waals surface area contributed by atoms with Crippen molar-refractivity contribution in [2.45, 2.75) is 52.1 Å². The van der Waals surface area contributed by atoms with Gasteiger partial charge in [-0.15, -0.1) is 0 Å². The molecule has 1 aromatic rings. The molecule has 0 radical (unpaired) electrons. The number of ether oxygens (including phenoxy) is 1. The summed E-state index contributed by atoms with van der Waals surface area (Å²) in [6, 6.07) is 0. The van der Waals surface area contributed by atoms with Crippen LogP contribution in [0.4, 0.5) is 0 Å². The molecule has 0 saturated heterocycles. The lowest BCUT2D eigenvalue weighted by Gasteiger charge is -2.06. The first-order valence-corrected chi connectivity index (χ1v) is 6.85. The second-order valence-corrected chi connectivity index (χ2v) is 4.51. The first-order valence-electron chi connectivity index (χ1n) is 6.85. The molecule has 1 N–H and O–H groups in total. The van der Waals surface area contributed by atoms with Crippen molar-refractivity contribution in [3.63, 3.8) is 0 Å². The smallest absolute Gasteiger partial charge is 0.339 e. The number of carboxylic acids is 1. The Bertz CT molecular complexity index is 383. The summed E-state index contributed by atoms with van der Waals surface area (Å²) in [4.78, 5) is 18.6. The molecular weight excluding hydrogens is 244 g/mol. The molecule has 1 rings (SSSR count). The molecule has 5 nitrogen and oxygen atoms in total. The van der Waals surface area contributed by atoms with Crippen LogP contribution in [0.2, 0.25) is 0 Å². The highest BCUT2D eigenvalue weighted by Crippen LogP contribution is 2.08. The Hall–Kier alpha value is -1.49. The standard InChI is InChI=1S/C14H22N2O3/c1-2-3-4-5-6-7-8-19-10-13-12(14(17)18)9-15-11-16-13/h9,11H,2-8,10H2,1H3,(H,17,18). The number of nitrogens with zero attached hydrogens (tertiary/aromatic N) is 2. The van der Waals surface area contributed by atoms with Gasteiger partial charge in [0.2, 0.25) is 0 Å². The van der Waals surface area contributed by atoms with Crippen molar-refractivity contribution in [1.82, 2.24) is 9.97 Å². The largest absolute Gasteiger partial charge is 0.478 e. The molecule has 0 aromatic carbocycles. The van der Waals surface area contributed by atoms with Gasteiger partial charge in [-0.05, 0) is 6.42 Å². The summed E-state index contributed by atoms with van der Waals surface area (Å²) in [5, 5.41) is 8.95. The molecule has 0 saturated carbocycles. The van der Waals surface area contributed by atoms with Crippen LogP contribution < -0.4 is 0 Å². The Labute approximate surface area is 114 Å². The minimum atomic E-state index is -1.02. The quantitative estimate of drug-likeness (QED) is 0.659. The Morgan fingerprint density at radius 2 is 2.00 bits per heavy atom. The zero-order valence-corrected chi connectivity index (χ0v) is 11.5. The first kappa shape index (κ1) is 15.6. The molecule has 0 atom stereocenters. The van der Waals surface area contributed by atoms with Gasteiger partial charge in [-0.3, -0.25) is 0 Å². The monoisotopic (exact) mass is 266 g/mol. The summed E-state index contributed by atoms with van der Waals surface area (Å²) in [7, 11) is 0. The van der Waals surface area contributed by atoms with Crippen molar-refractivity contribution >= 4 is 5.97 Å². The number of aromatic nitrogens is 2. The van der Waals surface area contributed by atoms with E-state index in [2.05, 4.69) is 16.9 Å². The van der Waals surface area contributed by atoms with Crippen LogP contribution in [0.25, 0.3) is 0 Å². The van der Waals surface area contributed by atoms with Crippen molar-refractivity contribution < 1.29 is 14.6 Å². The van der Waals surface area contributed by atoms with E-state index in [1.165, 1.54) is 38.2 Å². The predicted molar refractivity (Wildman–Crippen MR) is 72.0 cm³/mol. The average Bonchev–Trinajstić information content (AvgIpc) is 2.42. The van der Waals surface area contributed by atoms with E-state index in [0.29, 0.717) is 12.3 Å². The summed E-state index contributed by atoms with van der Waals surface area (Å²) in [6.45, 7) is 3.08. The van der Waals surface area contributed by atoms with E-state index in [9.17, 15) is 4.79 Å². The average molecular weight is 266 g/mol. The van der Waals surface area contributed by atoms with E-state index in [1.807, 2.05) is 0 Å². The number of rotatable bonds is 10. The summed E-state index contributed by atoms with van der Waals surface area (Å²) < 4.78 is 5.46. The van der Waals surface area contributed by atoms with Gasteiger partial charge in [0.25, 0.3) is 0 Å². The molecule has 19 heavy (non-hydrogen) atoms. The van der Waals surface area contributed by atoms with Gasteiger partial charge in [-0.25, -0.2) is 14.8 Å². The Balaban J connectivity index is 2.17. The fraction of sp³-hybridized carbons (Fsp3) is 0.643. The molecule has 0 amide bonds. The number of hydrogen-bond acceptors (Lipinski definition) is 4. The van der Waals surface area contributed by atoms with Crippen molar-refractivity contribution in [2.75, 3.05) is 6.61 Å². The van der Waals surface area contributed by atoms with Gasteiger partial charge in [0.1, 0.15) is 11.9 Å². The molecule has 5 heteroatoms. The van der Waals surface area contributed by atoms with Crippen LogP contribution in [0, 0.1) is 0 Å². The van der Waals surface area contributed by atoms with Crippen LogP contribution in [0.3, 0.4) is 0 Å². The van der Waals surface area contributed by atoms with E-state index in [1.54, 1.807) is 0 Å². The van der Waals surface area contributed by atoms with Gasteiger partial charge in [-0.2, -0.15) is 0 Å². The van der Waals surface area contributed by atoms with Crippen LogP contribution >= 0.6 is 0 Å². The number of hydrogen-bond donors (Lipinski definition) is 1. The third kappa shape index (κ3) is 6.29. The van der Waals surface area contributed by atoms with E-state index in [-0.39, 0.29) is 12.2 Å². The summed E-state index contributed by atoms with van der Waals surface area (Å²) in [5.41, 5.74) is 0.555. The van der Waals surface area contributed by atoms with E-state index >= 15 is 0 Å². The molecule has 0 aliphatic heterocycles. The minimum absolute atomic E-state index is 0.116. The fourth-order valence-corrected chi connectivity index (χ4v) is 1.80. The maximum Gasteiger partial charge on any atom is 0.339 e. The maximum atomic E-state index is 10.9. The van der Waals surface area contributed by atoms with Crippen molar-refractivity contribution in [2.24, 2.45) is 0 Å². The van der Waals surface area contributed by atoms with Gasteiger partial charge >= 0.3 is 5.97 Å². The van der Waals surface area contributed by atoms with Gasteiger partial charge in [-0.1, -0.05) is 39.0 Å². The molecular formula is C14H22N2O3. The van der Waals surface area contributed by atoms with Gasteiger partial charge in [0.15, 0.2) is 0 Å². The van der Waals surface area contributed by atoms with Gasteiger partial charge < -0.3 is 9.84 Å². The zero-order chi connectivity index (χ0) is 13.9. The SMILES string of the molecule is CCCCCCCCOCc1ncncc1C(=O)O. The zero-order valence-electron chi connectivity index (χ0n) is 11.5. The lowest BCUT2D eigenvalue weighted by molar-refractivity contribution is 0.0684. The Morgan fingerprint density at radius 1 is 1.26 bits per heavy atom. The number of unbranched alkanes of at least 4 members (excludes halogenated alkanes) is 5. The summed E-state index contributed by atoms with van der Waals surface area (Å²) in [6.07, 6.45) is 9.89. The van der Waals surface area contributed by atoms with Crippen LogP contribution in [0.15, 0.2) is 12.5 Å². The maximum absolute atomic E-state index is 10.9. The highest BCUT2D eigenvalue weighted by molar-refractivity contribution is 5.88. The second-order valence-electron chi connectivity index (χ2n) is 4.51. The molecule has 0 bridgehead atoms. The first-order chi connectivity index (χ1) is 9.25. The third-order valence-corrected chi connectivity index (χ3v) is 2.91. The van der Waals surface area contributed by atoms with E-state index < -0.39 is 5.97 Å². The summed E-state index contributed by atoms with van der Waals surface area (Å²) >= 11 is 0. The molecule has 0 aliphatic rings. The normalized spacial score (nSPS) is 10.6. The Kier molecular flexibility index (Phi) is 7.74. The van der Waals surface area contributed by atoms with Crippen molar-refractivity contribution in [1.29, 1.82) is 0 Å². The predicted octanol–water partition coefficient (Wildman–Crippen LogP) is 3.05. The molecule has 106 valence electrons. The van der Waals surface area contributed by atoms with Gasteiger partial charge in [0.05, 0.1) is 12.3 Å². The molecule has 0 spiro atoms. The van der Waals surface area contributed by atoms with Gasteiger partial charge in [0, 0.05) is 12.8 Å². The minimum Gasteiger partial charge on any atom is -0.478 e. The van der Waals surface area contributed by atoms with Crippen LogP contribution in [0.1, 0.15) is 61.5 Å². The van der Waals surface area contributed by atoms with Crippen molar-refractivity contribution in [3.8, 4) is 0 Å². The summed E-state index contributed by atoms with van der Waals surface area (Å²) in [5.74, 6) is -1.02. The highest BCUT2D eigenvalue weighted by Gasteiger charge is 2.10. The fourth-order valence-electron chi connectivity index (χ4n) is 1.80. The van der Waals surface area contributed by atoms with E-state index in [0.717, 1.165) is 12.8 Å². The lowest BCUT2D eigenvalue weighted by Crippen LogP contribution is -2.07. The molecule has 0 fully saturated rings. The van der Waals surface area contributed by atoms with E-state index in [4.69, 9.17) is 9.84 Å². The number of aromatic carboxylic acids is 1.